The fraction of sp³-hybridized carbons (Fsp3) is 0.267. The number of hydrogen-bond acceptors (Lipinski definition) is 4. The Balaban J connectivity index is 1.77. The van der Waals surface area contributed by atoms with Crippen LogP contribution in [0.1, 0.15) is 23.1 Å². The summed E-state index contributed by atoms with van der Waals surface area (Å²) in [4.78, 5) is 0. The van der Waals surface area contributed by atoms with Gasteiger partial charge in [-0.05, 0) is 23.1 Å². The molecule has 0 heterocycles. The largest absolute Gasteiger partial charge is 0.384 e. The Morgan fingerprint density at radius 2 is 1.18 bits per heavy atom. The highest BCUT2D eigenvalue weighted by molar-refractivity contribution is 5.16. The van der Waals surface area contributed by atoms with Gasteiger partial charge < -0.3 is 19.3 Å². The van der Waals surface area contributed by atoms with E-state index < -0.39 is 17.8 Å². The molecule has 3 atom stereocenters. The molecule has 0 aliphatic rings. The Morgan fingerprint density at radius 1 is 0.706 bits per heavy atom. The number of ether oxygens (including phenoxy) is 3. The summed E-state index contributed by atoms with van der Waals surface area (Å²) in [5.74, 6) is 0. The summed E-state index contributed by atoms with van der Waals surface area (Å²) in [6.07, 6.45) is 2.36. The summed E-state index contributed by atoms with van der Waals surface area (Å²) >= 11 is 0. The zero-order chi connectivity index (χ0) is 24.1. The van der Waals surface area contributed by atoms with E-state index in [9.17, 15) is 5.11 Å². The van der Waals surface area contributed by atoms with Crippen molar-refractivity contribution < 1.29 is 19.3 Å². The molecule has 3 aromatic carbocycles. The summed E-state index contributed by atoms with van der Waals surface area (Å²) in [6, 6.07) is 29.6. The van der Waals surface area contributed by atoms with E-state index in [1.807, 2.05) is 91.0 Å². The summed E-state index contributed by atoms with van der Waals surface area (Å²) < 4.78 is 18.5. The molecule has 3 rings (SSSR count). The molecule has 0 aromatic heterocycles. The highest BCUT2D eigenvalue weighted by Crippen LogP contribution is 2.27. The number of hydrogen-bond donors (Lipinski definition) is 1. The average Bonchev–Trinajstić information content (AvgIpc) is 2.88. The molecule has 4 nitrogen and oxygen atoms in total. The summed E-state index contributed by atoms with van der Waals surface area (Å²) in [5.41, 5.74) is 1.71. The molecule has 1 unspecified atom stereocenters. The number of benzene rings is 3. The van der Waals surface area contributed by atoms with Crippen molar-refractivity contribution in [2.24, 2.45) is 0 Å². The molecule has 0 spiro atoms. The van der Waals surface area contributed by atoms with Gasteiger partial charge in [-0.3, -0.25) is 0 Å². The Hall–Kier alpha value is -3.02. The van der Waals surface area contributed by atoms with Gasteiger partial charge in [0.1, 0.15) is 17.8 Å². The first-order valence-electron chi connectivity index (χ1n) is 11.5. The molecule has 0 amide bonds. The van der Waals surface area contributed by atoms with Crippen LogP contribution in [0, 0.1) is 0 Å². The maximum Gasteiger partial charge on any atom is 0.120 e. The lowest BCUT2D eigenvalue weighted by molar-refractivity contribution is -0.186. The van der Waals surface area contributed by atoms with E-state index in [4.69, 9.17) is 14.2 Å². The highest BCUT2D eigenvalue weighted by atomic mass is 16.6. The van der Waals surface area contributed by atoms with Gasteiger partial charge >= 0.3 is 0 Å². The van der Waals surface area contributed by atoms with Crippen molar-refractivity contribution in [2.45, 2.75) is 44.1 Å². The van der Waals surface area contributed by atoms with Crippen molar-refractivity contribution >= 4 is 0 Å². The molecule has 178 valence electrons. The zero-order valence-corrected chi connectivity index (χ0v) is 19.6. The van der Waals surface area contributed by atoms with E-state index in [1.165, 1.54) is 0 Å². The molecule has 3 aromatic rings. The molecule has 0 saturated carbocycles. The van der Waals surface area contributed by atoms with Crippen LogP contribution in [-0.4, -0.2) is 29.5 Å². The van der Waals surface area contributed by atoms with Gasteiger partial charge in [0, 0.05) is 0 Å². The van der Waals surface area contributed by atoms with Crippen LogP contribution in [0.2, 0.25) is 0 Å². The second-order valence-corrected chi connectivity index (χ2v) is 8.29. The molecule has 34 heavy (non-hydrogen) atoms. The van der Waals surface area contributed by atoms with Crippen molar-refractivity contribution in [1.82, 2.24) is 0 Å². The lowest BCUT2D eigenvalue weighted by Crippen LogP contribution is -2.53. The number of aliphatic hydroxyl groups is 1. The SMILES string of the molecule is C=CCC(O)(COCc1ccccc1)[C@@H](OCc1ccccc1)[C@@H](C=C)OCc1ccccc1. The van der Waals surface area contributed by atoms with Gasteiger partial charge in [-0.15, -0.1) is 13.2 Å². The van der Waals surface area contributed by atoms with Crippen molar-refractivity contribution in [3.05, 3.63) is 133 Å². The van der Waals surface area contributed by atoms with Gasteiger partial charge in [-0.2, -0.15) is 0 Å². The minimum atomic E-state index is -1.36. The van der Waals surface area contributed by atoms with Crippen molar-refractivity contribution in [3.63, 3.8) is 0 Å². The zero-order valence-electron chi connectivity index (χ0n) is 19.6. The molecule has 0 fully saturated rings. The fourth-order valence-electron chi connectivity index (χ4n) is 3.79. The molecule has 0 saturated heterocycles. The normalized spacial score (nSPS) is 14.6. The van der Waals surface area contributed by atoms with Crippen molar-refractivity contribution in [1.29, 1.82) is 0 Å². The molecule has 4 heteroatoms. The maximum atomic E-state index is 11.8. The van der Waals surface area contributed by atoms with E-state index in [0.717, 1.165) is 16.7 Å². The standard InChI is InChI=1S/C30H34O4/c1-3-20-30(31,24-32-21-25-14-8-5-9-15-25)29(34-23-27-18-12-7-13-19-27)28(4-2)33-22-26-16-10-6-11-17-26/h3-19,28-29,31H,1-2,20-24H2/t28-,29+,30?/m1/s1. The Morgan fingerprint density at radius 3 is 1.65 bits per heavy atom. The number of rotatable bonds is 15. The lowest BCUT2D eigenvalue weighted by atomic mass is 9.89. The first-order chi connectivity index (χ1) is 16.6. The minimum Gasteiger partial charge on any atom is -0.384 e. The van der Waals surface area contributed by atoms with E-state index in [1.54, 1.807) is 12.2 Å². The van der Waals surface area contributed by atoms with Crippen LogP contribution in [0.4, 0.5) is 0 Å². The third-order valence-electron chi connectivity index (χ3n) is 5.58. The predicted octanol–water partition coefficient (Wildman–Crippen LogP) is 5.87. The Labute approximate surface area is 203 Å². The first kappa shape index (κ1) is 25.6. The van der Waals surface area contributed by atoms with Gasteiger partial charge in [-0.1, -0.05) is 103 Å². The van der Waals surface area contributed by atoms with Crippen LogP contribution >= 0.6 is 0 Å². The van der Waals surface area contributed by atoms with Crippen molar-refractivity contribution in [3.8, 4) is 0 Å². The van der Waals surface area contributed by atoms with E-state index >= 15 is 0 Å². The van der Waals surface area contributed by atoms with E-state index in [0.29, 0.717) is 19.8 Å². The van der Waals surface area contributed by atoms with Crippen LogP contribution in [0.3, 0.4) is 0 Å². The van der Waals surface area contributed by atoms with Gasteiger partial charge in [0.2, 0.25) is 0 Å². The quantitative estimate of drug-likeness (QED) is 0.290. The smallest absolute Gasteiger partial charge is 0.120 e. The molecular formula is C30H34O4. The third-order valence-corrected chi connectivity index (χ3v) is 5.58. The lowest BCUT2D eigenvalue weighted by Gasteiger charge is -2.38. The van der Waals surface area contributed by atoms with Gasteiger partial charge in [0.15, 0.2) is 0 Å². The van der Waals surface area contributed by atoms with Gasteiger partial charge in [0.25, 0.3) is 0 Å². The molecular weight excluding hydrogens is 424 g/mol. The monoisotopic (exact) mass is 458 g/mol. The second kappa shape index (κ2) is 13.6. The molecule has 0 bridgehead atoms. The predicted molar refractivity (Wildman–Crippen MR) is 136 cm³/mol. The summed E-state index contributed by atoms with van der Waals surface area (Å²) in [6.45, 7) is 8.96. The van der Waals surface area contributed by atoms with E-state index in [-0.39, 0.29) is 13.0 Å². The molecule has 1 N–H and O–H groups in total. The summed E-state index contributed by atoms with van der Waals surface area (Å²) in [7, 11) is 0. The fourth-order valence-corrected chi connectivity index (χ4v) is 3.79. The van der Waals surface area contributed by atoms with Crippen LogP contribution in [0.15, 0.2) is 116 Å². The van der Waals surface area contributed by atoms with Crippen LogP contribution in [0.25, 0.3) is 0 Å². The van der Waals surface area contributed by atoms with Gasteiger partial charge in [0.05, 0.1) is 26.4 Å². The molecule has 0 radical (unpaired) electrons. The van der Waals surface area contributed by atoms with Gasteiger partial charge in [-0.25, -0.2) is 0 Å². The average molecular weight is 459 g/mol. The molecule has 0 aliphatic heterocycles. The Kier molecular flexibility index (Phi) is 10.3. The topological polar surface area (TPSA) is 47.9 Å². The van der Waals surface area contributed by atoms with Crippen molar-refractivity contribution in [2.75, 3.05) is 6.61 Å². The highest BCUT2D eigenvalue weighted by Gasteiger charge is 2.42. The third kappa shape index (κ3) is 7.79. The Bertz CT molecular complexity index is 974. The van der Waals surface area contributed by atoms with Crippen LogP contribution in [-0.2, 0) is 34.0 Å². The second-order valence-electron chi connectivity index (χ2n) is 8.29. The maximum absolute atomic E-state index is 11.8. The minimum absolute atomic E-state index is 0.0619. The van der Waals surface area contributed by atoms with Crippen LogP contribution < -0.4 is 0 Å². The molecule has 0 aliphatic carbocycles. The van der Waals surface area contributed by atoms with Crippen LogP contribution in [0.5, 0.6) is 0 Å². The summed E-state index contributed by atoms with van der Waals surface area (Å²) in [5, 5.41) is 11.8. The first-order valence-corrected chi connectivity index (χ1v) is 11.5. The van der Waals surface area contributed by atoms with E-state index in [2.05, 4.69) is 13.2 Å².